The maximum atomic E-state index is 13.1. The van der Waals surface area contributed by atoms with Crippen molar-refractivity contribution in [2.45, 2.75) is 51.0 Å². The van der Waals surface area contributed by atoms with Gasteiger partial charge in [-0.2, -0.15) is 5.10 Å². The largest absolute Gasteiger partial charge is 0.394 e. The minimum Gasteiger partial charge on any atom is -0.394 e. The molecule has 25 heavy (non-hydrogen) atoms. The van der Waals surface area contributed by atoms with Crippen molar-refractivity contribution in [1.82, 2.24) is 14.7 Å². The number of aliphatic hydroxyl groups excluding tert-OH is 1. The number of hydrogen-bond acceptors (Lipinski definition) is 4. The van der Waals surface area contributed by atoms with Crippen LogP contribution in [0.25, 0.3) is 0 Å². The molecule has 5 nitrogen and oxygen atoms in total. The Morgan fingerprint density at radius 3 is 3.08 bits per heavy atom. The van der Waals surface area contributed by atoms with Crippen molar-refractivity contribution >= 4 is 17.2 Å². The van der Waals surface area contributed by atoms with Gasteiger partial charge in [-0.25, -0.2) is 0 Å². The molecule has 1 aliphatic heterocycles. The van der Waals surface area contributed by atoms with Crippen LogP contribution in [0.3, 0.4) is 0 Å². The van der Waals surface area contributed by atoms with Crippen molar-refractivity contribution in [3.05, 3.63) is 39.3 Å². The van der Waals surface area contributed by atoms with Crippen LogP contribution in [0.5, 0.6) is 0 Å². The summed E-state index contributed by atoms with van der Waals surface area (Å²) in [6.45, 7) is 2.22. The number of aryl methyl sites for hydroxylation is 1. The highest BCUT2D eigenvalue weighted by atomic mass is 32.1. The predicted octanol–water partition coefficient (Wildman–Crippen LogP) is 2.84. The van der Waals surface area contributed by atoms with E-state index in [-0.39, 0.29) is 12.5 Å². The van der Waals surface area contributed by atoms with Crippen molar-refractivity contribution in [1.29, 1.82) is 0 Å². The van der Waals surface area contributed by atoms with Gasteiger partial charge < -0.3 is 10.0 Å². The number of fused-ring (bicyclic) bond motifs is 1. The molecule has 6 heteroatoms. The first kappa shape index (κ1) is 16.8. The van der Waals surface area contributed by atoms with Gasteiger partial charge in [0, 0.05) is 35.5 Å². The summed E-state index contributed by atoms with van der Waals surface area (Å²) in [6.07, 6.45) is 8.66. The summed E-state index contributed by atoms with van der Waals surface area (Å²) in [5.41, 5.74) is 3.31. The molecular formula is C19H25N3O2S. The van der Waals surface area contributed by atoms with E-state index in [0.717, 1.165) is 50.0 Å². The lowest BCUT2D eigenvalue weighted by molar-refractivity contribution is 0.0705. The molecule has 0 saturated carbocycles. The van der Waals surface area contributed by atoms with Crippen LogP contribution in [0, 0.1) is 0 Å². The van der Waals surface area contributed by atoms with Gasteiger partial charge in [-0.05, 0) is 50.2 Å². The maximum Gasteiger partial charge on any atom is 0.255 e. The second kappa shape index (κ2) is 7.30. The highest BCUT2D eigenvalue weighted by Crippen LogP contribution is 2.33. The molecular weight excluding hydrogens is 334 g/mol. The van der Waals surface area contributed by atoms with Gasteiger partial charge in [0.25, 0.3) is 5.91 Å². The minimum atomic E-state index is 0.0969. The zero-order chi connectivity index (χ0) is 17.2. The summed E-state index contributed by atoms with van der Waals surface area (Å²) >= 11 is 1.76. The quantitative estimate of drug-likeness (QED) is 0.913. The molecule has 0 bridgehead atoms. The van der Waals surface area contributed by atoms with Gasteiger partial charge in [0.1, 0.15) is 0 Å². The number of aromatic nitrogens is 2. The van der Waals surface area contributed by atoms with Crippen LogP contribution in [0.1, 0.15) is 58.1 Å². The Morgan fingerprint density at radius 1 is 1.32 bits per heavy atom. The smallest absolute Gasteiger partial charge is 0.255 e. The Kier molecular flexibility index (Phi) is 4.90. The monoisotopic (exact) mass is 359 g/mol. The molecule has 0 radical (unpaired) electrons. The number of hydrogen-bond donors (Lipinski definition) is 1. The molecule has 3 heterocycles. The third-order valence-corrected chi connectivity index (χ3v) is 6.50. The number of likely N-dealkylation sites (tertiary alicyclic amines) is 1. The number of aliphatic hydroxyl groups is 1. The fraction of sp³-hybridized carbons (Fsp3) is 0.579. The second-order valence-corrected chi connectivity index (χ2v) is 8.04. The Labute approximate surface area is 152 Å². The fourth-order valence-corrected chi connectivity index (χ4v) is 5.19. The first-order valence-corrected chi connectivity index (χ1v) is 10.2. The molecule has 1 unspecified atom stereocenters. The molecule has 2 aromatic rings. The lowest BCUT2D eigenvalue weighted by Gasteiger charge is -2.32. The minimum absolute atomic E-state index is 0.0969. The number of thiophene rings is 1. The van der Waals surface area contributed by atoms with E-state index in [1.54, 1.807) is 16.0 Å². The zero-order valence-electron chi connectivity index (χ0n) is 14.5. The number of amides is 1. The molecule has 2 aromatic heterocycles. The van der Waals surface area contributed by atoms with Gasteiger partial charge in [0.05, 0.1) is 24.4 Å². The van der Waals surface area contributed by atoms with E-state index in [1.807, 2.05) is 17.2 Å². The third kappa shape index (κ3) is 3.37. The fourth-order valence-electron chi connectivity index (χ4n) is 4.07. The molecule has 0 aromatic carbocycles. The molecule has 1 aliphatic carbocycles. The normalized spacial score (nSPS) is 20.5. The summed E-state index contributed by atoms with van der Waals surface area (Å²) < 4.78 is 1.78. The first-order chi connectivity index (χ1) is 12.3. The number of piperidine rings is 1. The van der Waals surface area contributed by atoms with Crippen molar-refractivity contribution in [3.63, 3.8) is 0 Å². The molecule has 134 valence electrons. The van der Waals surface area contributed by atoms with Crippen molar-refractivity contribution in [2.24, 2.45) is 0 Å². The average Bonchev–Trinajstić information content (AvgIpc) is 3.29. The Bertz CT molecular complexity index is 752. The summed E-state index contributed by atoms with van der Waals surface area (Å²) in [5.74, 6) is 0.506. The predicted molar refractivity (Wildman–Crippen MR) is 98.2 cm³/mol. The summed E-state index contributed by atoms with van der Waals surface area (Å²) in [4.78, 5) is 16.5. The van der Waals surface area contributed by atoms with E-state index in [4.69, 9.17) is 5.11 Å². The van der Waals surface area contributed by atoms with Gasteiger partial charge >= 0.3 is 0 Å². The van der Waals surface area contributed by atoms with Gasteiger partial charge in [-0.3, -0.25) is 9.48 Å². The molecule has 1 N–H and O–H groups in total. The molecule has 0 spiro atoms. The highest BCUT2D eigenvalue weighted by Gasteiger charge is 2.29. The molecule has 1 amide bonds. The summed E-state index contributed by atoms with van der Waals surface area (Å²) in [6, 6.07) is 2.03. The molecule has 4 rings (SSSR count). The Hall–Kier alpha value is -1.66. The van der Waals surface area contributed by atoms with Crippen LogP contribution < -0.4 is 0 Å². The van der Waals surface area contributed by atoms with Crippen molar-refractivity contribution < 1.29 is 9.90 Å². The number of carbonyl (C=O) groups excluding carboxylic acids is 1. The lowest BCUT2D eigenvalue weighted by atomic mass is 9.92. The standard InChI is InChI=1S/C19H25N3O2S/c23-11-10-22-9-7-17(20-22)14-4-3-8-21(12-14)19(24)16-13-25-18-6-2-1-5-15(16)18/h7,9,13-14,23H,1-6,8,10-12H2. The first-order valence-electron chi connectivity index (χ1n) is 9.29. The SMILES string of the molecule is O=C(c1csc2c1CCCC2)N1CCCC(c2ccn(CCO)n2)C1. The molecule has 2 aliphatic rings. The Balaban J connectivity index is 1.48. The van der Waals surface area contributed by atoms with Gasteiger partial charge in [0.15, 0.2) is 0 Å². The number of rotatable bonds is 4. The number of nitrogens with zero attached hydrogens (tertiary/aromatic N) is 3. The second-order valence-electron chi connectivity index (χ2n) is 7.08. The van der Waals surface area contributed by atoms with E-state index in [9.17, 15) is 4.79 Å². The molecule has 1 saturated heterocycles. The van der Waals surface area contributed by atoms with Crippen LogP contribution in [-0.4, -0.2) is 45.4 Å². The van der Waals surface area contributed by atoms with Crippen LogP contribution in [0.2, 0.25) is 0 Å². The number of carbonyl (C=O) groups is 1. The van der Waals surface area contributed by atoms with Crippen molar-refractivity contribution in [2.75, 3.05) is 19.7 Å². The van der Waals surface area contributed by atoms with E-state index >= 15 is 0 Å². The van der Waals surface area contributed by atoms with Gasteiger partial charge in [-0.15, -0.1) is 11.3 Å². The third-order valence-electron chi connectivity index (χ3n) is 5.41. The van der Waals surface area contributed by atoms with E-state index < -0.39 is 0 Å². The Morgan fingerprint density at radius 2 is 2.20 bits per heavy atom. The van der Waals surface area contributed by atoms with E-state index in [1.165, 1.54) is 23.3 Å². The van der Waals surface area contributed by atoms with E-state index in [2.05, 4.69) is 10.5 Å². The van der Waals surface area contributed by atoms with E-state index in [0.29, 0.717) is 12.5 Å². The van der Waals surface area contributed by atoms with Crippen LogP contribution in [-0.2, 0) is 19.4 Å². The van der Waals surface area contributed by atoms with Crippen LogP contribution in [0.4, 0.5) is 0 Å². The molecule has 1 fully saturated rings. The lowest BCUT2D eigenvalue weighted by Crippen LogP contribution is -2.39. The molecule has 1 atom stereocenters. The summed E-state index contributed by atoms with van der Waals surface area (Å²) in [7, 11) is 0. The van der Waals surface area contributed by atoms with Crippen LogP contribution >= 0.6 is 11.3 Å². The van der Waals surface area contributed by atoms with Crippen molar-refractivity contribution in [3.8, 4) is 0 Å². The highest BCUT2D eigenvalue weighted by molar-refractivity contribution is 7.10. The summed E-state index contributed by atoms with van der Waals surface area (Å²) in [5, 5.41) is 15.7. The van der Waals surface area contributed by atoms with Crippen LogP contribution in [0.15, 0.2) is 17.6 Å². The topological polar surface area (TPSA) is 58.4 Å². The maximum absolute atomic E-state index is 13.1. The zero-order valence-corrected chi connectivity index (χ0v) is 15.3. The average molecular weight is 359 g/mol. The van der Waals surface area contributed by atoms with Gasteiger partial charge in [0.2, 0.25) is 0 Å². The van der Waals surface area contributed by atoms with Gasteiger partial charge in [-0.1, -0.05) is 0 Å².